The monoisotopic (exact) mass is 280 g/mol. The fourth-order valence-electron chi connectivity index (χ4n) is 1.85. The summed E-state index contributed by atoms with van der Waals surface area (Å²) in [4.78, 5) is 13.7. The summed E-state index contributed by atoms with van der Waals surface area (Å²) in [5.41, 5.74) is 0. The molecule has 1 N–H and O–H groups in total. The zero-order valence-corrected chi connectivity index (χ0v) is 12.7. The summed E-state index contributed by atoms with van der Waals surface area (Å²) < 4.78 is 10.7. The second kappa shape index (κ2) is 8.43. The zero-order valence-electron chi connectivity index (χ0n) is 12.7. The predicted octanol–water partition coefficient (Wildman–Crippen LogP) is 1.39. The number of rotatable bonds is 8. The second-order valence-corrected chi connectivity index (χ2v) is 4.74. The van der Waals surface area contributed by atoms with Crippen molar-refractivity contribution in [3.8, 4) is 11.5 Å². The molecule has 0 bridgehead atoms. The lowest BCUT2D eigenvalue weighted by Gasteiger charge is -2.21. The first-order chi connectivity index (χ1) is 9.58. The van der Waals surface area contributed by atoms with Crippen LogP contribution in [0.5, 0.6) is 11.5 Å². The van der Waals surface area contributed by atoms with Crippen molar-refractivity contribution in [1.82, 2.24) is 10.2 Å². The van der Waals surface area contributed by atoms with Gasteiger partial charge in [0.25, 0.3) is 0 Å². The quantitative estimate of drug-likeness (QED) is 0.782. The van der Waals surface area contributed by atoms with Gasteiger partial charge in [0.15, 0.2) is 0 Å². The molecule has 1 unspecified atom stereocenters. The van der Waals surface area contributed by atoms with Crippen molar-refractivity contribution in [2.45, 2.75) is 6.92 Å². The van der Waals surface area contributed by atoms with Gasteiger partial charge in [0.2, 0.25) is 5.91 Å². The maximum Gasteiger partial charge on any atom is 0.226 e. The Bertz CT molecular complexity index is 406. The van der Waals surface area contributed by atoms with Crippen molar-refractivity contribution in [3.63, 3.8) is 0 Å². The van der Waals surface area contributed by atoms with E-state index in [1.807, 2.05) is 38.2 Å². The van der Waals surface area contributed by atoms with Crippen molar-refractivity contribution < 1.29 is 14.3 Å². The molecule has 0 aromatic heterocycles. The second-order valence-electron chi connectivity index (χ2n) is 4.74. The van der Waals surface area contributed by atoms with Crippen LogP contribution < -0.4 is 14.8 Å². The Morgan fingerprint density at radius 2 is 1.90 bits per heavy atom. The van der Waals surface area contributed by atoms with Gasteiger partial charge in [-0.2, -0.15) is 0 Å². The van der Waals surface area contributed by atoms with Crippen LogP contribution in [0.1, 0.15) is 6.92 Å². The minimum Gasteiger partial charge on any atom is -0.497 e. The van der Waals surface area contributed by atoms with Gasteiger partial charge in [0.1, 0.15) is 18.1 Å². The maximum atomic E-state index is 12.0. The van der Waals surface area contributed by atoms with Gasteiger partial charge in [-0.3, -0.25) is 4.79 Å². The lowest BCUT2D eigenvalue weighted by molar-refractivity contribution is -0.133. The number of carbonyl (C=O) groups is 1. The van der Waals surface area contributed by atoms with E-state index in [1.54, 1.807) is 19.1 Å². The lowest BCUT2D eigenvalue weighted by atomic mass is 10.1. The van der Waals surface area contributed by atoms with Crippen molar-refractivity contribution in [3.05, 3.63) is 24.3 Å². The minimum absolute atomic E-state index is 0.0222. The number of hydrogen-bond donors (Lipinski definition) is 1. The van der Waals surface area contributed by atoms with Crippen LogP contribution in [0.4, 0.5) is 0 Å². The molecule has 0 aliphatic carbocycles. The predicted molar refractivity (Wildman–Crippen MR) is 79.2 cm³/mol. The van der Waals surface area contributed by atoms with Gasteiger partial charge >= 0.3 is 0 Å². The summed E-state index contributed by atoms with van der Waals surface area (Å²) in [7, 11) is 5.27. The van der Waals surface area contributed by atoms with Gasteiger partial charge in [-0.25, -0.2) is 0 Å². The molecule has 0 saturated heterocycles. The molecule has 1 aromatic rings. The molecule has 0 aliphatic heterocycles. The summed E-state index contributed by atoms with van der Waals surface area (Å²) in [6.07, 6.45) is 0. The molecule has 112 valence electrons. The van der Waals surface area contributed by atoms with E-state index in [0.29, 0.717) is 19.7 Å². The standard InChI is InChI=1S/C15H24N2O3/c1-12(11-16-2)15(18)17(3)9-10-20-14-7-5-13(19-4)6-8-14/h5-8,12,16H,9-11H2,1-4H3. The van der Waals surface area contributed by atoms with Gasteiger partial charge in [0.05, 0.1) is 13.7 Å². The van der Waals surface area contributed by atoms with Gasteiger partial charge in [-0.1, -0.05) is 6.92 Å². The first kappa shape index (κ1) is 16.3. The van der Waals surface area contributed by atoms with Crippen LogP contribution in [-0.2, 0) is 4.79 Å². The fraction of sp³-hybridized carbons (Fsp3) is 0.533. The Kier molecular flexibility index (Phi) is 6.87. The third-order valence-corrected chi connectivity index (χ3v) is 3.06. The van der Waals surface area contributed by atoms with Crippen molar-refractivity contribution >= 4 is 5.91 Å². The number of benzene rings is 1. The smallest absolute Gasteiger partial charge is 0.226 e. The number of carbonyl (C=O) groups excluding carboxylic acids is 1. The molecule has 1 atom stereocenters. The molecule has 1 aromatic carbocycles. The van der Waals surface area contributed by atoms with Crippen molar-refractivity contribution in [2.24, 2.45) is 5.92 Å². The molecule has 1 amide bonds. The minimum atomic E-state index is -0.0222. The first-order valence-corrected chi connectivity index (χ1v) is 6.75. The van der Waals surface area contributed by atoms with Crippen molar-refractivity contribution in [2.75, 3.05) is 40.9 Å². The Hall–Kier alpha value is -1.75. The molecule has 0 saturated carbocycles. The molecule has 0 radical (unpaired) electrons. The highest BCUT2D eigenvalue weighted by Crippen LogP contribution is 2.16. The molecule has 20 heavy (non-hydrogen) atoms. The van der Waals surface area contributed by atoms with E-state index in [4.69, 9.17) is 9.47 Å². The topological polar surface area (TPSA) is 50.8 Å². The van der Waals surface area contributed by atoms with E-state index < -0.39 is 0 Å². The summed E-state index contributed by atoms with van der Waals surface area (Å²) >= 11 is 0. The largest absolute Gasteiger partial charge is 0.497 e. The van der Waals surface area contributed by atoms with E-state index >= 15 is 0 Å². The molecular formula is C15H24N2O3. The van der Waals surface area contributed by atoms with Crippen LogP contribution in [0.15, 0.2) is 24.3 Å². The van der Waals surface area contributed by atoms with Crippen LogP contribution in [0.25, 0.3) is 0 Å². The highest BCUT2D eigenvalue weighted by molar-refractivity contribution is 5.78. The number of nitrogens with zero attached hydrogens (tertiary/aromatic N) is 1. The molecule has 0 fully saturated rings. The Morgan fingerprint density at radius 3 is 2.45 bits per heavy atom. The summed E-state index contributed by atoms with van der Waals surface area (Å²) in [5.74, 6) is 1.67. The number of ether oxygens (including phenoxy) is 2. The number of amides is 1. The Morgan fingerprint density at radius 1 is 1.30 bits per heavy atom. The highest BCUT2D eigenvalue weighted by atomic mass is 16.5. The van der Waals surface area contributed by atoms with Gasteiger partial charge in [0, 0.05) is 19.5 Å². The van der Waals surface area contributed by atoms with Crippen molar-refractivity contribution in [1.29, 1.82) is 0 Å². The van der Waals surface area contributed by atoms with Crippen LogP contribution >= 0.6 is 0 Å². The van der Waals surface area contributed by atoms with E-state index in [0.717, 1.165) is 11.5 Å². The molecular weight excluding hydrogens is 256 g/mol. The van der Waals surface area contributed by atoms with Gasteiger partial charge in [-0.05, 0) is 31.3 Å². The van der Waals surface area contributed by atoms with E-state index in [1.165, 1.54) is 0 Å². The first-order valence-electron chi connectivity index (χ1n) is 6.75. The molecule has 5 heteroatoms. The molecule has 5 nitrogen and oxygen atoms in total. The Balaban J connectivity index is 2.33. The summed E-state index contributed by atoms with van der Waals surface area (Å²) in [6.45, 7) is 3.64. The fourth-order valence-corrected chi connectivity index (χ4v) is 1.85. The molecule has 0 spiro atoms. The number of hydrogen-bond acceptors (Lipinski definition) is 4. The van der Waals surface area contributed by atoms with E-state index in [9.17, 15) is 4.79 Å². The SMILES string of the molecule is CNCC(C)C(=O)N(C)CCOc1ccc(OC)cc1. The maximum absolute atomic E-state index is 12.0. The van der Waals surface area contributed by atoms with Crippen LogP contribution in [0, 0.1) is 5.92 Å². The highest BCUT2D eigenvalue weighted by Gasteiger charge is 2.16. The average Bonchev–Trinajstić information content (AvgIpc) is 2.47. The molecule has 0 heterocycles. The lowest BCUT2D eigenvalue weighted by Crippen LogP contribution is -2.38. The van der Waals surface area contributed by atoms with Crippen LogP contribution in [0.2, 0.25) is 0 Å². The number of methoxy groups -OCH3 is 1. The number of likely N-dealkylation sites (N-methyl/N-ethyl adjacent to an activating group) is 1. The average molecular weight is 280 g/mol. The third kappa shape index (κ3) is 5.09. The van der Waals surface area contributed by atoms with Crippen LogP contribution in [0.3, 0.4) is 0 Å². The van der Waals surface area contributed by atoms with Gasteiger partial charge < -0.3 is 19.7 Å². The molecule has 1 rings (SSSR count). The van der Waals surface area contributed by atoms with Gasteiger partial charge in [-0.15, -0.1) is 0 Å². The zero-order chi connectivity index (χ0) is 15.0. The van der Waals surface area contributed by atoms with E-state index in [2.05, 4.69) is 5.32 Å². The summed E-state index contributed by atoms with van der Waals surface area (Å²) in [5, 5.41) is 3.01. The van der Waals surface area contributed by atoms with Crippen LogP contribution in [-0.4, -0.2) is 51.7 Å². The molecule has 0 aliphatic rings. The normalized spacial score (nSPS) is 11.8. The third-order valence-electron chi connectivity index (χ3n) is 3.06. The summed E-state index contributed by atoms with van der Waals surface area (Å²) in [6, 6.07) is 7.40. The Labute approximate surface area is 120 Å². The van der Waals surface area contributed by atoms with E-state index in [-0.39, 0.29) is 11.8 Å². The number of nitrogens with one attached hydrogen (secondary N) is 1.